The molecule has 0 atom stereocenters. The number of aromatic nitrogens is 1. The van der Waals surface area contributed by atoms with Crippen molar-refractivity contribution >= 4 is 49.1 Å². The highest BCUT2D eigenvalue weighted by Gasteiger charge is 2.09. The van der Waals surface area contributed by atoms with E-state index in [9.17, 15) is 0 Å². The molecule has 60 valence electrons. The van der Waals surface area contributed by atoms with Crippen molar-refractivity contribution in [3.05, 3.63) is 19.8 Å². The molecule has 11 heavy (non-hydrogen) atoms. The molecule has 0 aliphatic rings. The molecule has 0 fully saturated rings. The number of nitrogen functional groups attached to an aromatic ring is 1. The van der Waals surface area contributed by atoms with Crippen LogP contribution in [0.15, 0.2) is 9.21 Å². The Kier molecular flexibility index (Phi) is 2.78. The van der Waals surface area contributed by atoms with Gasteiger partial charge >= 0.3 is 0 Å². The monoisotopic (exact) mass is 298 g/mol. The fourth-order valence-corrected chi connectivity index (χ4v) is 1.95. The molecule has 1 aromatic rings. The third-order valence-corrected chi connectivity index (χ3v) is 3.20. The van der Waals surface area contributed by atoms with Crippen LogP contribution in [0.25, 0.3) is 0 Å². The Hall–Kier alpha value is 0.200. The SMILES string of the molecule is Cc1c(N)c(Br)nc(Br)c1Cl. The van der Waals surface area contributed by atoms with E-state index in [4.69, 9.17) is 17.3 Å². The van der Waals surface area contributed by atoms with E-state index in [0.29, 0.717) is 19.9 Å². The zero-order valence-electron chi connectivity index (χ0n) is 5.66. The molecule has 2 N–H and O–H groups in total. The Labute approximate surface area is 86.4 Å². The van der Waals surface area contributed by atoms with Crippen LogP contribution in [0.5, 0.6) is 0 Å². The van der Waals surface area contributed by atoms with Crippen LogP contribution < -0.4 is 5.73 Å². The van der Waals surface area contributed by atoms with Gasteiger partial charge in [0.1, 0.15) is 9.21 Å². The van der Waals surface area contributed by atoms with Gasteiger partial charge < -0.3 is 5.73 Å². The molecule has 2 nitrogen and oxygen atoms in total. The molecule has 0 aliphatic carbocycles. The maximum absolute atomic E-state index is 5.84. The minimum absolute atomic E-state index is 0.561. The van der Waals surface area contributed by atoms with E-state index in [1.165, 1.54) is 0 Å². The summed E-state index contributed by atoms with van der Waals surface area (Å²) in [6.07, 6.45) is 0. The van der Waals surface area contributed by atoms with Gasteiger partial charge in [0, 0.05) is 0 Å². The average Bonchev–Trinajstić information content (AvgIpc) is 1.97. The van der Waals surface area contributed by atoms with Gasteiger partial charge in [-0.25, -0.2) is 4.98 Å². The van der Waals surface area contributed by atoms with Crippen LogP contribution in [-0.2, 0) is 0 Å². The molecule has 5 heteroatoms. The van der Waals surface area contributed by atoms with Crippen LogP contribution in [0.4, 0.5) is 5.69 Å². The van der Waals surface area contributed by atoms with Gasteiger partial charge in [0.05, 0.1) is 10.7 Å². The third-order valence-electron chi connectivity index (χ3n) is 1.33. The van der Waals surface area contributed by atoms with E-state index in [1.54, 1.807) is 0 Å². The number of nitrogens with zero attached hydrogens (tertiary/aromatic N) is 1. The van der Waals surface area contributed by atoms with Crippen molar-refractivity contribution in [3.8, 4) is 0 Å². The first kappa shape index (κ1) is 9.29. The van der Waals surface area contributed by atoms with Crippen molar-refractivity contribution in [2.45, 2.75) is 6.92 Å². The molecule has 0 spiro atoms. The maximum atomic E-state index is 5.84. The van der Waals surface area contributed by atoms with Crippen molar-refractivity contribution in [1.29, 1.82) is 0 Å². The normalized spacial score (nSPS) is 10.2. The summed E-state index contributed by atoms with van der Waals surface area (Å²) in [7, 11) is 0. The number of nitrogens with two attached hydrogens (primary N) is 1. The Morgan fingerprint density at radius 1 is 1.36 bits per heavy atom. The summed E-state index contributed by atoms with van der Waals surface area (Å²) in [5.41, 5.74) is 7.05. The molecule has 0 radical (unpaired) electrons. The number of hydrogen-bond donors (Lipinski definition) is 1. The van der Waals surface area contributed by atoms with Crippen molar-refractivity contribution in [2.75, 3.05) is 5.73 Å². The van der Waals surface area contributed by atoms with E-state index in [1.807, 2.05) is 6.92 Å². The number of rotatable bonds is 0. The number of hydrogen-bond acceptors (Lipinski definition) is 2. The lowest BCUT2D eigenvalue weighted by molar-refractivity contribution is 1.21. The van der Waals surface area contributed by atoms with Gasteiger partial charge in [0.2, 0.25) is 0 Å². The molecule has 1 rings (SSSR count). The first-order valence-electron chi connectivity index (χ1n) is 2.80. The molecule has 0 amide bonds. The number of pyridine rings is 1. The zero-order chi connectivity index (χ0) is 8.59. The molecule has 0 bridgehead atoms. The zero-order valence-corrected chi connectivity index (χ0v) is 9.59. The summed E-state index contributed by atoms with van der Waals surface area (Å²) in [5.74, 6) is 0. The predicted octanol–water partition coefficient (Wildman–Crippen LogP) is 3.15. The minimum atomic E-state index is 0.561. The Morgan fingerprint density at radius 3 is 2.45 bits per heavy atom. The van der Waals surface area contributed by atoms with E-state index in [2.05, 4.69) is 36.8 Å². The molecule has 1 aromatic heterocycles. The predicted molar refractivity (Wildman–Crippen MR) is 53.8 cm³/mol. The molecular weight excluding hydrogens is 295 g/mol. The van der Waals surface area contributed by atoms with Gasteiger partial charge in [0.25, 0.3) is 0 Å². The van der Waals surface area contributed by atoms with Gasteiger partial charge in [-0.05, 0) is 44.3 Å². The largest absolute Gasteiger partial charge is 0.396 e. The quantitative estimate of drug-likeness (QED) is 0.748. The number of anilines is 1. The topological polar surface area (TPSA) is 38.9 Å². The lowest BCUT2D eigenvalue weighted by Gasteiger charge is -2.05. The average molecular weight is 300 g/mol. The second kappa shape index (κ2) is 3.29. The lowest BCUT2D eigenvalue weighted by atomic mass is 10.3. The summed E-state index contributed by atoms with van der Waals surface area (Å²) >= 11 is 12.3. The van der Waals surface area contributed by atoms with Crippen LogP contribution in [0.2, 0.25) is 5.02 Å². The van der Waals surface area contributed by atoms with Gasteiger partial charge in [-0.15, -0.1) is 0 Å². The van der Waals surface area contributed by atoms with Gasteiger partial charge in [-0.1, -0.05) is 11.6 Å². The molecule has 0 aliphatic heterocycles. The Balaban J connectivity index is 3.46. The molecule has 0 saturated heterocycles. The molecule has 0 aromatic carbocycles. The lowest BCUT2D eigenvalue weighted by Crippen LogP contribution is -1.95. The summed E-state index contributed by atoms with van der Waals surface area (Å²) in [6.45, 7) is 1.84. The summed E-state index contributed by atoms with van der Waals surface area (Å²) in [4.78, 5) is 4.01. The van der Waals surface area contributed by atoms with Crippen LogP contribution in [0, 0.1) is 6.92 Å². The highest BCUT2D eigenvalue weighted by atomic mass is 79.9. The highest BCUT2D eigenvalue weighted by molar-refractivity contribution is 9.11. The highest BCUT2D eigenvalue weighted by Crippen LogP contribution is 2.32. The first-order valence-corrected chi connectivity index (χ1v) is 4.77. The summed E-state index contributed by atoms with van der Waals surface area (Å²) in [6, 6.07) is 0. The molecule has 0 unspecified atom stereocenters. The molecule has 1 heterocycles. The van der Waals surface area contributed by atoms with Crippen LogP contribution >= 0.6 is 43.5 Å². The van der Waals surface area contributed by atoms with Crippen molar-refractivity contribution in [1.82, 2.24) is 4.98 Å². The number of halogens is 3. The van der Waals surface area contributed by atoms with Crippen LogP contribution in [-0.4, -0.2) is 4.98 Å². The first-order chi connectivity index (χ1) is 5.04. The van der Waals surface area contributed by atoms with Gasteiger partial charge in [0.15, 0.2) is 0 Å². The minimum Gasteiger partial charge on any atom is -0.396 e. The van der Waals surface area contributed by atoms with E-state index in [0.717, 1.165) is 5.56 Å². The maximum Gasteiger partial charge on any atom is 0.130 e. The molecule has 0 saturated carbocycles. The second-order valence-electron chi connectivity index (χ2n) is 2.05. The van der Waals surface area contributed by atoms with Crippen LogP contribution in [0.3, 0.4) is 0 Å². The standard InChI is InChI=1S/C6H5Br2ClN2/c1-2-3(9)5(7)11-6(8)4(2)10/h10H2,1H3. The summed E-state index contributed by atoms with van der Waals surface area (Å²) < 4.78 is 1.23. The van der Waals surface area contributed by atoms with Crippen molar-refractivity contribution in [3.63, 3.8) is 0 Å². The summed E-state index contributed by atoms with van der Waals surface area (Å²) in [5, 5.41) is 0.561. The fourth-order valence-electron chi connectivity index (χ4n) is 0.623. The van der Waals surface area contributed by atoms with E-state index < -0.39 is 0 Å². The van der Waals surface area contributed by atoms with Crippen molar-refractivity contribution in [2.24, 2.45) is 0 Å². The van der Waals surface area contributed by atoms with Gasteiger partial charge in [-0.2, -0.15) is 0 Å². The fraction of sp³-hybridized carbons (Fsp3) is 0.167. The van der Waals surface area contributed by atoms with Crippen LogP contribution in [0.1, 0.15) is 5.56 Å². The second-order valence-corrected chi connectivity index (χ2v) is 3.93. The van der Waals surface area contributed by atoms with E-state index in [-0.39, 0.29) is 0 Å². The smallest absolute Gasteiger partial charge is 0.130 e. The third kappa shape index (κ3) is 1.68. The van der Waals surface area contributed by atoms with Crippen molar-refractivity contribution < 1.29 is 0 Å². The Morgan fingerprint density at radius 2 is 1.91 bits per heavy atom. The van der Waals surface area contributed by atoms with E-state index >= 15 is 0 Å². The Bertz CT molecular complexity index is 275. The molecular formula is C6H5Br2ClN2. The van der Waals surface area contributed by atoms with Gasteiger partial charge in [-0.3, -0.25) is 0 Å².